The molecule has 3 aromatic rings. The van der Waals surface area contributed by atoms with Crippen LogP contribution >= 0.6 is 0 Å². The zero-order valence-corrected chi connectivity index (χ0v) is 18.3. The number of rotatable bonds is 8. The molecule has 3 rings (SSSR count). The second-order valence-electron chi connectivity index (χ2n) is 7.25. The van der Waals surface area contributed by atoms with Crippen molar-refractivity contribution in [2.75, 3.05) is 19.1 Å². The summed E-state index contributed by atoms with van der Waals surface area (Å²) >= 11 is 0. The van der Waals surface area contributed by atoms with Crippen molar-refractivity contribution >= 4 is 17.5 Å². The van der Waals surface area contributed by atoms with E-state index in [4.69, 9.17) is 4.74 Å². The molecule has 7 heteroatoms. The van der Waals surface area contributed by atoms with Crippen LogP contribution in [-0.2, 0) is 4.79 Å². The number of anilines is 1. The van der Waals surface area contributed by atoms with Crippen LogP contribution in [0.5, 0.6) is 5.75 Å². The smallest absolute Gasteiger partial charge is 0.268 e. The molecular formula is C25H26FN3O3. The van der Waals surface area contributed by atoms with Gasteiger partial charge >= 0.3 is 0 Å². The molecular weight excluding hydrogens is 409 g/mol. The van der Waals surface area contributed by atoms with Gasteiger partial charge in [0.15, 0.2) is 0 Å². The van der Waals surface area contributed by atoms with Crippen LogP contribution < -0.4 is 15.5 Å². The Labute approximate surface area is 187 Å². The number of carbonyl (C=O) groups excluding carboxylic acids is 2. The van der Waals surface area contributed by atoms with Gasteiger partial charge < -0.3 is 10.1 Å². The number of benzene rings is 3. The second kappa shape index (κ2) is 10.4. The summed E-state index contributed by atoms with van der Waals surface area (Å²) in [5.41, 5.74) is 5.60. The average Bonchev–Trinajstić information content (AvgIpc) is 2.81. The predicted octanol–water partition coefficient (Wildman–Crippen LogP) is 4.49. The van der Waals surface area contributed by atoms with Crippen LogP contribution in [0.25, 0.3) is 0 Å². The summed E-state index contributed by atoms with van der Waals surface area (Å²) in [5.74, 6) is -0.499. The van der Waals surface area contributed by atoms with E-state index in [2.05, 4.69) is 10.7 Å². The third-order valence-corrected chi connectivity index (χ3v) is 4.94. The summed E-state index contributed by atoms with van der Waals surface area (Å²) in [4.78, 5) is 26.4. The van der Waals surface area contributed by atoms with Crippen LogP contribution in [-0.4, -0.2) is 30.5 Å². The highest BCUT2D eigenvalue weighted by Gasteiger charge is 2.28. The summed E-state index contributed by atoms with van der Waals surface area (Å²) in [5, 5.41) is 4.21. The molecule has 6 nitrogen and oxygen atoms in total. The lowest BCUT2D eigenvalue weighted by Crippen LogP contribution is -2.45. The van der Waals surface area contributed by atoms with Gasteiger partial charge in [0, 0.05) is 12.1 Å². The molecule has 0 bridgehead atoms. The number of likely N-dealkylation sites (N-methyl/N-ethyl adjacent to an activating group) is 1. The number of hydrazine groups is 1. The van der Waals surface area contributed by atoms with E-state index in [-0.39, 0.29) is 5.91 Å². The van der Waals surface area contributed by atoms with Crippen LogP contribution in [0.4, 0.5) is 10.1 Å². The molecule has 0 spiro atoms. The average molecular weight is 435 g/mol. The molecule has 2 amide bonds. The predicted molar refractivity (Wildman–Crippen MR) is 122 cm³/mol. The van der Waals surface area contributed by atoms with Crippen molar-refractivity contribution in [3.05, 3.63) is 95.3 Å². The van der Waals surface area contributed by atoms with Gasteiger partial charge in [-0.3, -0.25) is 20.0 Å². The number of aryl methyl sites for hydroxylation is 1. The van der Waals surface area contributed by atoms with Crippen LogP contribution in [0.2, 0.25) is 0 Å². The first-order valence-corrected chi connectivity index (χ1v) is 10.3. The van der Waals surface area contributed by atoms with Gasteiger partial charge in [-0.05, 0) is 67.9 Å². The minimum absolute atomic E-state index is 0.336. The van der Waals surface area contributed by atoms with Crippen LogP contribution in [0.15, 0.2) is 72.8 Å². The molecule has 32 heavy (non-hydrogen) atoms. The van der Waals surface area contributed by atoms with E-state index < -0.39 is 17.8 Å². The van der Waals surface area contributed by atoms with Gasteiger partial charge in [-0.25, -0.2) is 4.39 Å². The van der Waals surface area contributed by atoms with Crippen LogP contribution in [0.1, 0.15) is 34.5 Å². The summed E-state index contributed by atoms with van der Waals surface area (Å²) in [6.07, 6.45) is 0. The molecule has 1 unspecified atom stereocenters. The fraction of sp³-hybridized carbons (Fsp3) is 0.200. The highest BCUT2D eigenvalue weighted by atomic mass is 19.1. The highest BCUT2D eigenvalue weighted by Crippen LogP contribution is 2.20. The largest absolute Gasteiger partial charge is 0.497 e. The van der Waals surface area contributed by atoms with Gasteiger partial charge in [0.2, 0.25) is 0 Å². The molecule has 0 fully saturated rings. The van der Waals surface area contributed by atoms with Crippen molar-refractivity contribution in [2.24, 2.45) is 0 Å². The second-order valence-corrected chi connectivity index (χ2v) is 7.25. The summed E-state index contributed by atoms with van der Waals surface area (Å²) in [7, 11) is 1.58. The van der Waals surface area contributed by atoms with Crippen molar-refractivity contribution in [3.8, 4) is 5.75 Å². The van der Waals surface area contributed by atoms with Gasteiger partial charge in [-0.1, -0.05) is 29.8 Å². The molecule has 0 aromatic heterocycles. The number of hydrogen-bond acceptors (Lipinski definition) is 4. The van der Waals surface area contributed by atoms with E-state index in [9.17, 15) is 14.0 Å². The van der Waals surface area contributed by atoms with Crippen molar-refractivity contribution in [2.45, 2.75) is 19.9 Å². The minimum atomic E-state index is -1.01. The van der Waals surface area contributed by atoms with Gasteiger partial charge in [0.05, 0.1) is 12.8 Å². The number of carbonyl (C=O) groups is 2. The van der Waals surface area contributed by atoms with Gasteiger partial charge in [0.1, 0.15) is 17.6 Å². The molecule has 0 aliphatic carbocycles. The maximum absolute atomic E-state index is 13.5. The first-order chi connectivity index (χ1) is 15.4. The highest BCUT2D eigenvalue weighted by molar-refractivity contribution is 5.98. The SMILES string of the molecule is CCN(Nc1ccc(OC)cc1)C(=O)C(NC(=O)c1cccc(C)c1)c1ccc(F)cc1. The fourth-order valence-electron chi connectivity index (χ4n) is 3.21. The Morgan fingerprint density at radius 3 is 2.31 bits per heavy atom. The lowest BCUT2D eigenvalue weighted by atomic mass is 10.0. The zero-order valence-electron chi connectivity index (χ0n) is 18.3. The Balaban J connectivity index is 1.87. The Morgan fingerprint density at radius 1 is 1.03 bits per heavy atom. The van der Waals surface area contributed by atoms with Gasteiger partial charge in [-0.15, -0.1) is 0 Å². The Bertz CT molecular complexity index is 1070. The van der Waals surface area contributed by atoms with E-state index in [1.807, 2.05) is 19.9 Å². The lowest BCUT2D eigenvalue weighted by Gasteiger charge is -2.28. The first-order valence-electron chi connectivity index (χ1n) is 10.3. The molecule has 0 radical (unpaired) electrons. The molecule has 0 saturated carbocycles. The Morgan fingerprint density at radius 2 is 1.72 bits per heavy atom. The normalized spacial score (nSPS) is 11.4. The van der Waals surface area contributed by atoms with Gasteiger partial charge in [0.25, 0.3) is 11.8 Å². The monoisotopic (exact) mass is 435 g/mol. The summed E-state index contributed by atoms with van der Waals surface area (Å²) in [6, 6.07) is 18.7. The van der Waals surface area contributed by atoms with E-state index in [1.54, 1.807) is 49.6 Å². The zero-order chi connectivity index (χ0) is 23.1. The van der Waals surface area contributed by atoms with E-state index >= 15 is 0 Å². The Kier molecular flexibility index (Phi) is 7.44. The van der Waals surface area contributed by atoms with Crippen molar-refractivity contribution in [3.63, 3.8) is 0 Å². The molecule has 0 saturated heterocycles. The van der Waals surface area contributed by atoms with Crippen molar-refractivity contribution in [1.29, 1.82) is 0 Å². The van der Waals surface area contributed by atoms with Crippen molar-refractivity contribution < 1.29 is 18.7 Å². The van der Waals surface area contributed by atoms with E-state index in [0.29, 0.717) is 29.1 Å². The maximum atomic E-state index is 13.5. The van der Waals surface area contributed by atoms with Crippen LogP contribution in [0, 0.1) is 12.7 Å². The molecule has 0 aliphatic rings. The number of methoxy groups -OCH3 is 1. The van der Waals surface area contributed by atoms with Gasteiger partial charge in [-0.2, -0.15) is 0 Å². The topological polar surface area (TPSA) is 70.7 Å². The molecule has 0 aliphatic heterocycles. The molecule has 2 N–H and O–H groups in total. The molecule has 0 heterocycles. The lowest BCUT2D eigenvalue weighted by molar-refractivity contribution is -0.131. The van der Waals surface area contributed by atoms with Crippen LogP contribution in [0.3, 0.4) is 0 Å². The third kappa shape index (κ3) is 5.63. The number of halogens is 1. The maximum Gasteiger partial charge on any atom is 0.268 e. The third-order valence-electron chi connectivity index (χ3n) is 4.94. The quantitative estimate of drug-likeness (QED) is 0.512. The number of ether oxygens (including phenoxy) is 1. The standard InChI is InChI=1S/C25H26FN3O3/c1-4-29(28-21-12-14-22(32-3)15-13-21)25(31)23(18-8-10-20(26)11-9-18)27-24(30)19-7-5-6-17(2)16-19/h5-16,23,28H,4H2,1-3H3,(H,27,30). The molecule has 166 valence electrons. The molecule has 3 aromatic carbocycles. The fourth-order valence-corrected chi connectivity index (χ4v) is 3.21. The van der Waals surface area contributed by atoms with E-state index in [1.165, 1.54) is 29.3 Å². The van der Waals surface area contributed by atoms with E-state index in [0.717, 1.165) is 5.56 Å². The minimum Gasteiger partial charge on any atom is -0.497 e. The summed E-state index contributed by atoms with van der Waals surface area (Å²) < 4.78 is 18.7. The number of amides is 2. The first kappa shape index (κ1) is 22.8. The number of nitrogens with one attached hydrogen (secondary N) is 2. The number of nitrogens with zero attached hydrogens (tertiary/aromatic N) is 1. The summed E-state index contributed by atoms with van der Waals surface area (Å²) in [6.45, 7) is 4.04. The Hall–Kier alpha value is -3.87. The van der Waals surface area contributed by atoms with Crippen molar-refractivity contribution in [1.82, 2.24) is 10.3 Å². The number of hydrogen-bond donors (Lipinski definition) is 2. The molecule has 1 atom stereocenters.